The molecule has 1 aliphatic rings. The van der Waals surface area contributed by atoms with Gasteiger partial charge in [0.15, 0.2) is 0 Å². The summed E-state index contributed by atoms with van der Waals surface area (Å²) < 4.78 is 11.8. The van der Waals surface area contributed by atoms with Crippen molar-refractivity contribution in [1.29, 1.82) is 0 Å². The van der Waals surface area contributed by atoms with Crippen LogP contribution in [0.2, 0.25) is 0 Å². The van der Waals surface area contributed by atoms with E-state index in [4.69, 9.17) is 9.47 Å². The molecule has 1 amide bonds. The Morgan fingerprint density at radius 1 is 1.24 bits per heavy atom. The molecule has 0 unspecified atom stereocenters. The van der Waals surface area contributed by atoms with E-state index in [1.807, 2.05) is 48.2 Å². The van der Waals surface area contributed by atoms with Crippen molar-refractivity contribution in [1.82, 2.24) is 9.88 Å². The number of pyridine rings is 1. The predicted octanol–water partition coefficient (Wildman–Crippen LogP) is 2.63. The number of ether oxygens (including phenoxy) is 2. The molecule has 132 valence electrons. The van der Waals surface area contributed by atoms with Crippen LogP contribution in [-0.4, -0.2) is 48.2 Å². The topological polar surface area (TPSA) is 51.7 Å². The second-order valence-corrected chi connectivity index (χ2v) is 6.54. The maximum Gasteiger partial charge on any atom is 0.227 e. The monoisotopic (exact) mass is 340 g/mol. The first kappa shape index (κ1) is 17.4. The number of nitrogens with zero attached hydrogens (tertiary/aromatic N) is 2. The van der Waals surface area contributed by atoms with E-state index < -0.39 is 5.60 Å². The first-order chi connectivity index (χ1) is 12.1. The summed E-state index contributed by atoms with van der Waals surface area (Å²) in [4.78, 5) is 18.4. The third kappa shape index (κ3) is 4.17. The minimum atomic E-state index is -0.448. The molecule has 0 spiro atoms. The molecule has 1 aliphatic heterocycles. The summed E-state index contributed by atoms with van der Waals surface area (Å²) >= 11 is 0. The first-order valence-electron chi connectivity index (χ1n) is 8.52. The van der Waals surface area contributed by atoms with Gasteiger partial charge >= 0.3 is 0 Å². The van der Waals surface area contributed by atoms with Crippen molar-refractivity contribution in [2.75, 3.05) is 26.8 Å². The molecule has 1 atom stereocenters. The van der Waals surface area contributed by atoms with Crippen molar-refractivity contribution in [3.05, 3.63) is 59.9 Å². The molecule has 0 N–H and O–H groups in total. The molecule has 5 heteroatoms. The average molecular weight is 340 g/mol. The molecule has 3 rings (SSSR count). The van der Waals surface area contributed by atoms with Gasteiger partial charge in [0.05, 0.1) is 13.0 Å². The zero-order valence-corrected chi connectivity index (χ0v) is 14.8. The quantitative estimate of drug-likeness (QED) is 0.811. The average Bonchev–Trinajstić information content (AvgIpc) is 3.07. The Kier molecular flexibility index (Phi) is 5.34. The van der Waals surface area contributed by atoms with Crippen LogP contribution in [0.15, 0.2) is 48.8 Å². The van der Waals surface area contributed by atoms with Gasteiger partial charge in [0.1, 0.15) is 18.0 Å². The zero-order chi connectivity index (χ0) is 17.7. The minimum absolute atomic E-state index is 0.112. The molecule has 5 nitrogen and oxygen atoms in total. The highest BCUT2D eigenvalue weighted by Crippen LogP contribution is 2.27. The van der Waals surface area contributed by atoms with Crippen LogP contribution < -0.4 is 4.74 Å². The van der Waals surface area contributed by atoms with Gasteiger partial charge in [-0.25, -0.2) is 0 Å². The number of carbonyl (C=O) groups is 1. The van der Waals surface area contributed by atoms with Crippen LogP contribution in [-0.2, 0) is 16.0 Å². The number of methoxy groups -OCH3 is 1. The largest absolute Gasteiger partial charge is 0.490 e. The number of benzene rings is 1. The SMILES string of the molecule is CO[C@@]1(COc2ccccc2C)CCN(C(=O)Cc2ccncc2)C1. The molecule has 1 aromatic carbocycles. The number of hydrogen-bond donors (Lipinski definition) is 0. The Morgan fingerprint density at radius 3 is 2.72 bits per heavy atom. The zero-order valence-electron chi connectivity index (χ0n) is 14.8. The van der Waals surface area contributed by atoms with Crippen molar-refractivity contribution in [3.8, 4) is 5.75 Å². The minimum Gasteiger partial charge on any atom is -0.490 e. The smallest absolute Gasteiger partial charge is 0.227 e. The number of aromatic nitrogens is 1. The predicted molar refractivity (Wildman–Crippen MR) is 95.6 cm³/mol. The maximum absolute atomic E-state index is 12.6. The number of rotatable bonds is 6. The van der Waals surface area contributed by atoms with Crippen LogP contribution in [0.3, 0.4) is 0 Å². The standard InChI is InChI=1S/C20H24N2O3/c1-16-5-3-4-6-18(16)25-15-20(24-2)9-12-22(14-20)19(23)13-17-7-10-21-11-8-17/h3-8,10-11H,9,12-15H2,1-2H3/t20-/m0/s1. The third-order valence-electron chi connectivity index (χ3n) is 4.79. The molecule has 1 fully saturated rings. The van der Waals surface area contributed by atoms with E-state index in [1.165, 1.54) is 0 Å². The van der Waals surface area contributed by atoms with Crippen molar-refractivity contribution >= 4 is 5.91 Å². The molecule has 0 saturated carbocycles. The molecule has 0 bridgehead atoms. The lowest BCUT2D eigenvalue weighted by atomic mass is 10.0. The van der Waals surface area contributed by atoms with E-state index in [2.05, 4.69) is 4.98 Å². The van der Waals surface area contributed by atoms with E-state index >= 15 is 0 Å². The maximum atomic E-state index is 12.6. The number of aryl methyl sites for hydroxylation is 1. The summed E-state index contributed by atoms with van der Waals surface area (Å²) in [7, 11) is 1.69. The Bertz CT molecular complexity index is 720. The molecule has 0 radical (unpaired) electrons. The van der Waals surface area contributed by atoms with Crippen molar-refractivity contribution in [2.24, 2.45) is 0 Å². The Balaban J connectivity index is 1.60. The molecule has 0 aliphatic carbocycles. The summed E-state index contributed by atoms with van der Waals surface area (Å²) in [6, 6.07) is 11.7. The van der Waals surface area contributed by atoms with E-state index in [0.717, 1.165) is 23.3 Å². The molecule has 2 aromatic rings. The van der Waals surface area contributed by atoms with Crippen molar-refractivity contribution in [3.63, 3.8) is 0 Å². The van der Waals surface area contributed by atoms with Crippen LogP contribution in [0.25, 0.3) is 0 Å². The molecular weight excluding hydrogens is 316 g/mol. The Hall–Kier alpha value is -2.40. The van der Waals surface area contributed by atoms with Crippen LogP contribution in [0.1, 0.15) is 17.5 Å². The first-order valence-corrected chi connectivity index (χ1v) is 8.52. The number of likely N-dealkylation sites (tertiary alicyclic amines) is 1. The highest BCUT2D eigenvalue weighted by Gasteiger charge is 2.41. The third-order valence-corrected chi connectivity index (χ3v) is 4.79. The fourth-order valence-corrected chi connectivity index (χ4v) is 3.12. The summed E-state index contributed by atoms with van der Waals surface area (Å²) in [5, 5.41) is 0. The van der Waals surface area contributed by atoms with Crippen LogP contribution >= 0.6 is 0 Å². The fraction of sp³-hybridized carbons (Fsp3) is 0.400. The molecule has 25 heavy (non-hydrogen) atoms. The summed E-state index contributed by atoms with van der Waals surface area (Å²) in [5.74, 6) is 0.974. The van der Waals surface area contributed by atoms with Gasteiger partial charge in [-0.1, -0.05) is 18.2 Å². The normalized spacial score (nSPS) is 19.8. The van der Waals surface area contributed by atoms with Crippen LogP contribution in [0, 0.1) is 6.92 Å². The van der Waals surface area contributed by atoms with Gasteiger partial charge in [0.25, 0.3) is 0 Å². The van der Waals surface area contributed by atoms with Crippen LogP contribution in [0.4, 0.5) is 0 Å². The number of carbonyl (C=O) groups excluding carboxylic acids is 1. The van der Waals surface area contributed by atoms with E-state index in [9.17, 15) is 4.79 Å². The van der Waals surface area contributed by atoms with Gasteiger partial charge in [-0.15, -0.1) is 0 Å². The Labute approximate surface area is 148 Å². The summed E-state index contributed by atoms with van der Waals surface area (Å²) in [6.45, 7) is 3.70. The van der Waals surface area contributed by atoms with Gasteiger partial charge in [-0.3, -0.25) is 9.78 Å². The molecule has 1 aromatic heterocycles. The Morgan fingerprint density at radius 2 is 2.00 bits per heavy atom. The lowest BCUT2D eigenvalue weighted by Gasteiger charge is -2.28. The van der Waals surface area contributed by atoms with Gasteiger partial charge in [0.2, 0.25) is 5.91 Å². The van der Waals surface area contributed by atoms with Gasteiger partial charge < -0.3 is 14.4 Å². The second-order valence-electron chi connectivity index (χ2n) is 6.54. The molecular formula is C20H24N2O3. The van der Waals surface area contributed by atoms with Gasteiger partial charge in [-0.2, -0.15) is 0 Å². The van der Waals surface area contributed by atoms with Crippen molar-refractivity contribution < 1.29 is 14.3 Å². The highest BCUT2D eigenvalue weighted by molar-refractivity contribution is 5.79. The summed E-state index contributed by atoms with van der Waals surface area (Å²) in [5.41, 5.74) is 1.62. The van der Waals surface area contributed by atoms with E-state index in [-0.39, 0.29) is 5.91 Å². The van der Waals surface area contributed by atoms with Crippen molar-refractivity contribution in [2.45, 2.75) is 25.4 Å². The van der Waals surface area contributed by atoms with Crippen LogP contribution in [0.5, 0.6) is 5.75 Å². The fourth-order valence-electron chi connectivity index (χ4n) is 3.12. The lowest BCUT2D eigenvalue weighted by molar-refractivity contribution is -0.131. The summed E-state index contributed by atoms with van der Waals surface area (Å²) in [6.07, 6.45) is 4.59. The molecule has 1 saturated heterocycles. The number of para-hydroxylation sites is 1. The van der Waals surface area contributed by atoms with Gasteiger partial charge in [-0.05, 0) is 42.7 Å². The van der Waals surface area contributed by atoms with E-state index in [1.54, 1.807) is 19.5 Å². The lowest BCUT2D eigenvalue weighted by Crippen LogP contribution is -2.42. The molecule has 2 heterocycles. The number of hydrogen-bond acceptors (Lipinski definition) is 4. The second kappa shape index (κ2) is 7.66. The highest BCUT2D eigenvalue weighted by atomic mass is 16.5. The van der Waals surface area contributed by atoms with Gasteiger partial charge in [0, 0.05) is 26.0 Å². The number of amides is 1. The van der Waals surface area contributed by atoms with E-state index in [0.29, 0.717) is 26.1 Å².